The summed E-state index contributed by atoms with van der Waals surface area (Å²) >= 11 is 0. The van der Waals surface area contributed by atoms with Gasteiger partial charge in [0.15, 0.2) is 0 Å². The Hall–Kier alpha value is -2.14. The smallest absolute Gasteiger partial charge is 0.227 e. The fourth-order valence-electron chi connectivity index (χ4n) is 2.77. The summed E-state index contributed by atoms with van der Waals surface area (Å²) in [5.41, 5.74) is 2.10. The van der Waals surface area contributed by atoms with Crippen molar-refractivity contribution in [3.63, 3.8) is 0 Å². The minimum atomic E-state index is 0.392. The van der Waals surface area contributed by atoms with Crippen molar-refractivity contribution in [3.8, 4) is 11.3 Å². The zero-order valence-corrected chi connectivity index (χ0v) is 14.9. The maximum absolute atomic E-state index is 4.84. The fourth-order valence-corrected chi connectivity index (χ4v) is 2.77. The molecule has 128 valence electrons. The van der Waals surface area contributed by atoms with Gasteiger partial charge in [-0.1, -0.05) is 37.3 Å². The van der Waals surface area contributed by atoms with E-state index >= 15 is 0 Å². The van der Waals surface area contributed by atoms with Crippen molar-refractivity contribution in [2.24, 2.45) is 0 Å². The maximum Gasteiger partial charge on any atom is 0.227 e. The molecule has 0 saturated carbocycles. The summed E-state index contributed by atoms with van der Waals surface area (Å²) in [4.78, 5) is 14.3. The number of likely N-dealkylation sites (N-methyl/N-ethyl adjacent to an activating group) is 1. The quantitative estimate of drug-likeness (QED) is 0.915. The third-order valence-corrected chi connectivity index (χ3v) is 4.58. The highest BCUT2D eigenvalue weighted by molar-refractivity contribution is 5.64. The minimum absolute atomic E-state index is 0.392. The summed E-state index contributed by atoms with van der Waals surface area (Å²) in [6.45, 7) is 8.40. The Labute approximate surface area is 144 Å². The molecule has 0 spiro atoms. The van der Waals surface area contributed by atoms with Crippen LogP contribution in [0, 0.1) is 0 Å². The molecule has 1 unspecified atom stereocenters. The second-order valence-electron chi connectivity index (χ2n) is 6.55. The number of aromatic nitrogens is 2. The molecule has 0 aliphatic carbocycles. The van der Waals surface area contributed by atoms with Crippen LogP contribution < -0.4 is 10.2 Å². The van der Waals surface area contributed by atoms with E-state index in [-0.39, 0.29) is 0 Å². The molecule has 1 N–H and O–H groups in total. The van der Waals surface area contributed by atoms with Gasteiger partial charge >= 0.3 is 0 Å². The molecule has 0 bridgehead atoms. The third kappa shape index (κ3) is 4.03. The molecular formula is C19H27N5. The number of anilines is 2. The van der Waals surface area contributed by atoms with Crippen LogP contribution in [-0.4, -0.2) is 54.1 Å². The number of nitrogens with zero attached hydrogens (tertiary/aromatic N) is 4. The first-order chi connectivity index (χ1) is 11.7. The van der Waals surface area contributed by atoms with E-state index < -0.39 is 0 Å². The summed E-state index contributed by atoms with van der Waals surface area (Å²) in [6.07, 6.45) is 1.06. The van der Waals surface area contributed by atoms with Crippen LogP contribution in [0.15, 0.2) is 36.4 Å². The first-order valence-electron chi connectivity index (χ1n) is 8.80. The molecule has 3 rings (SSSR count). The second-order valence-corrected chi connectivity index (χ2v) is 6.55. The lowest BCUT2D eigenvalue weighted by Crippen LogP contribution is -2.45. The van der Waals surface area contributed by atoms with Crippen molar-refractivity contribution in [3.05, 3.63) is 36.4 Å². The van der Waals surface area contributed by atoms with Gasteiger partial charge in [0.25, 0.3) is 0 Å². The van der Waals surface area contributed by atoms with Crippen LogP contribution >= 0.6 is 0 Å². The zero-order chi connectivity index (χ0) is 16.9. The van der Waals surface area contributed by atoms with Gasteiger partial charge in [-0.25, -0.2) is 4.98 Å². The fraction of sp³-hybridized carbons (Fsp3) is 0.474. The van der Waals surface area contributed by atoms with Crippen molar-refractivity contribution in [2.75, 3.05) is 43.4 Å². The normalized spacial score (nSPS) is 16.9. The molecule has 5 heteroatoms. The van der Waals surface area contributed by atoms with E-state index in [1.165, 1.54) is 0 Å². The molecule has 1 aromatic carbocycles. The van der Waals surface area contributed by atoms with Gasteiger partial charge in [0.05, 0.1) is 5.69 Å². The third-order valence-electron chi connectivity index (χ3n) is 4.58. The Bertz CT molecular complexity index is 650. The van der Waals surface area contributed by atoms with E-state index in [0.29, 0.717) is 6.04 Å². The average Bonchev–Trinajstić information content (AvgIpc) is 2.62. The van der Waals surface area contributed by atoms with Gasteiger partial charge in [-0.2, -0.15) is 4.98 Å². The SMILES string of the molecule is CCC(C)Nc1cc(-c2ccccc2)nc(N2CCN(C)CC2)n1. The number of hydrogen-bond donors (Lipinski definition) is 1. The first kappa shape index (κ1) is 16.7. The van der Waals surface area contributed by atoms with Crippen molar-refractivity contribution in [1.29, 1.82) is 0 Å². The minimum Gasteiger partial charge on any atom is -0.367 e. The van der Waals surface area contributed by atoms with Crippen LogP contribution in [0.2, 0.25) is 0 Å². The molecule has 1 aliphatic heterocycles. The van der Waals surface area contributed by atoms with Gasteiger partial charge in [0.1, 0.15) is 5.82 Å². The summed E-state index contributed by atoms with van der Waals surface area (Å²) < 4.78 is 0. The summed E-state index contributed by atoms with van der Waals surface area (Å²) in [5, 5.41) is 3.50. The standard InChI is InChI=1S/C19H27N5/c1-4-15(2)20-18-14-17(16-8-6-5-7-9-16)21-19(22-18)24-12-10-23(3)11-13-24/h5-9,14-15H,4,10-13H2,1-3H3,(H,20,21,22). The Balaban J connectivity index is 1.93. The van der Waals surface area contributed by atoms with Crippen molar-refractivity contribution >= 4 is 11.8 Å². The van der Waals surface area contributed by atoms with Gasteiger partial charge in [0.2, 0.25) is 5.95 Å². The van der Waals surface area contributed by atoms with Crippen LogP contribution in [-0.2, 0) is 0 Å². The van der Waals surface area contributed by atoms with Gasteiger partial charge < -0.3 is 15.1 Å². The van der Waals surface area contributed by atoms with Gasteiger partial charge in [-0.15, -0.1) is 0 Å². The van der Waals surface area contributed by atoms with E-state index in [9.17, 15) is 0 Å². The van der Waals surface area contributed by atoms with E-state index in [4.69, 9.17) is 9.97 Å². The molecule has 1 aromatic heterocycles. The summed E-state index contributed by atoms with van der Waals surface area (Å²) in [7, 11) is 2.16. The molecule has 1 atom stereocenters. The van der Waals surface area contributed by atoms with Crippen LogP contribution in [0.25, 0.3) is 11.3 Å². The molecular weight excluding hydrogens is 298 g/mol. The number of benzene rings is 1. The molecule has 1 aliphatic rings. The second kappa shape index (κ2) is 7.62. The van der Waals surface area contributed by atoms with E-state index in [2.05, 4.69) is 66.3 Å². The first-order valence-corrected chi connectivity index (χ1v) is 8.80. The van der Waals surface area contributed by atoms with Gasteiger partial charge in [0, 0.05) is 43.9 Å². The Morgan fingerprint density at radius 2 is 1.79 bits per heavy atom. The van der Waals surface area contributed by atoms with Gasteiger partial charge in [-0.05, 0) is 20.4 Å². The lowest BCUT2D eigenvalue weighted by atomic mass is 10.1. The van der Waals surface area contributed by atoms with E-state index in [0.717, 1.165) is 55.6 Å². The van der Waals surface area contributed by atoms with Crippen molar-refractivity contribution in [2.45, 2.75) is 26.3 Å². The van der Waals surface area contributed by atoms with Crippen LogP contribution in [0.4, 0.5) is 11.8 Å². The highest BCUT2D eigenvalue weighted by Crippen LogP contribution is 2.24. The van der Waals surface area contributed by atoms with Crippen molar-refractivity contribution < 1.29 is 0 Å². The Morgan fingerprint density at radius 3 is 2.46 bits per heavy atom. The molecule has 24 heavy (non-hydrogen) atoms. The Kier molecular flexibility index (Phi) is 5.30. The predicted octanol–water partition coefficient (Wildman–Crippen LogP) is 3.11. The molecule has 0 amide bonds. The van der Waals surface area contributed by atoms with E-state index in [1.807, 2.05) is 6.07 Å². The van der Waals surface area contributed by atoms with Crippen molar-refractivity contribution in [1.82, 2.24) is 14.9 Å². The van der Waals surface area contributed by atoms with Gasteiger partial charge in [-0.3, -0.25) is 0 Å². The summed E-state index contributed by atoms with van der Waals surface area (Å²) in [6, 6.07) is 12.8. The van der Waals surface area contributed by atoms with Crippen LogP contribution in [0.3, 0.4) is 0 Å². The lowest BCUT2D eigenvalue weighted by Gasteiger charge is -2.32. The summed E-state index contributed by atoms with van der Waals surface area (Å²) in [5.74, 6) is 1.74. The Morgan fingerprint density at radius 1 is 1.08 bits per heavy atom. The molecule has 1 saturated heterocycles. The van der Waals surface area contributed by atoms with Crippen LogP contribution in [0.5, 0.6) is 0 Å². The highest BCUT2D eigenvalue weighted by atomic mass is 15.3. The topological polar surface area (TPSA) is 44.3 Å². The number of rotatable bonds is 5. The zero-order valence-electron chi connectivity index (χ0n) is 14.9. The molecule has 1 fully saturated rings. The highest BCUT2D eigenvalue weighted by Gasteiger charge is 2.18. The monoisotopic (exact) mass is 325 g/mol. The molecule has 2 aromatic rings. The molecule has 2 heterocycles. The lowest BCUT2D eigenvalue weighted by molar-refractivity contribution is 0.311. The largest absolute Gasteiger partial charge is 0.367 e. The maximum atomic E-state index is 4.84. The predicted molar refractivity (Wildman–Crippen MR) is 101 cm³/mol. The molecule has 5 nitrogen and oxygen atoms in total. The number of nitrogens with one attached hydrogen (secondary N) is 1. The van der Waals surface area contributed by atoms with Crippen LogP contribution in [0.1, 0.15) is 20.3 Å². The average molecular weight is 325 g/mol. The van der Waals surface area contributed by atoms with E-state index in [1.54, 1.807) is 0 Å². The molecule has 0 radical (unpaired) electrons. The number of piperazine rings is 1. The number of hydrogen-bond acceptors (Lipinski definition) is 5.